The van der Waals surface area contributed by atoms with E-state index in [2.05, 4.69) is 27.8 Å². The Morgan fingerprint density at radius 1 is 1.05 bits per heavy atom. The number of anilines is 1. The molecule has 0 unspecified atom stereocenters. The first-order valence-corrected chi connectivity index (χ1v) is 6.81. The average Bonchev–Trinajstić information content (AvgIpc) is 2.49. The molecule has 1 aromatic carbocycles. The number of carbonyl (C=O) groups excluding carboxylic acids is 3. The van der Waals surface area contributed by atoms with Gasteiger partial charge in [-0.1, -0.05) is 6.08 Å². The Morgan fingerprint density at radius 2 is 1.68 bits per heavy atom. The van der Waals surface area contributed by atoms with E-state index in [0.717, 1.165) is 0 Å². The van der Waals surface area contributed by atoms with Crippen LogP contribution in [0.1, 0.15) is 17.3 Å². The summed E-state index contributed by atoms with van der Waals surface area (Å²) < 4.78 is 0. The van der Waals surface area contributed by atoms with Gasteiger partial charge in [-0.15, -0.1) is 6.58 Å². The molecule has 0 atom stereocenters. The molecule has 0 radical (unpaired) electrons. The fourth-order valence-corrected chi connectivity index (χ4v) is 1.56. The van der Waals surface area contributed by atoms with Crippen molar-refractivity contribution in [3.63, 3.8) is 0 Å². The van der Waals surface area contributed by atoms with E-state index >= 15 is 0 Å². The summed E-state index contributed by atoms with van der Waals surface area (Å²) in [4.78, 5) is 33.9. The largest absolute Gasteiger partial charge is 0.355 e. The highest BCUT2D eigenvalue weighted by atomic mass is 16.2. The highest BCUT2D eigenvalue weighted by Crippen LogP contribution is 2.09. The number of carbonyl (C=O) groups is 3. The van der Waals surface area contributed by atoms with Crippen molar-refractivity contribution in [1.29, 1.82) is 0 Å². The second-order valence-corrected chi connectivity index (χ2v) is 4.44. The molecule has 0 aliphatic heterocycles. The minimum atomic E-state index is -0.380. The summed E-state index contributed by atoms with van der Waals surface area (Å²) in [5.74, 6) is -0.348. The molecular formula is C15H20N4O3. The van der Waals surface area contributed by atoms with E-state index in [1.165, 1.54) is 6.92 Å². The van der Waals surface area contributed by atoms with Gasteiger partial charge in [0.05, 0.1) is 0 Å². The molecule has 7 nitrogen and oxygen atoms in total. The van der Waals surface area contributed by atoms with Crippen LogP contribution >= 0.6 is 0 Å². The topological polar surface area (TPSA) is 99.3 Å². The molecule has 1 aromatic rings. The van der Waals surface area contributed by atoms with Crippen molar-refractivity contribution < 1.29 is 14.4 Å². The number of benzene rings is 1. The predicted molar refractivity (Wildman–Crippen MR) is 84.7 cm³/mol. The van der Waals surface area contributed by atoms with Gasteiger partial charge < -0.3 is 21.3 Å². The van der Waals surface area contributed by atoms with Crippen LogP contribution in [0.5, 0.6) is 0 Å². The highest BCUT2D eigenvalue weighted by molar-refractivity contribution is 5.95. The summed E-state index contributed by atoms with van der Waals surface area (Å²) in [6.07, 6.45) is 1.60. The third-order valence-corrected chi connectivity index (χ3v) is 2.60. The highest BCUT2D eigenvalue weighted by Gasteiger charge is 2.05. The molecule has 4 N–H and O–H groups in total. The predicted octanol–water partition coefficient (Wildman–Crippen LogP) is 0.860. The zero-order chi connectivity index (χ0) is 16.4. The summed E-state index contributed by atoms with van der Waals surface area (Å²) in [6, 6.07) is 6.12. The molecule has 0 aliphatic rings. The van der Waals surface area contributed by atoms with Gasteiger partial charge in [-0.25, -0.2) is 4.79 Å². The van der Waals surface area contributed by atoms with Crippen LogP contribution in [0.15, 0.2) is 36.9 Å². The van der Waals surface area contributed by atoms with Crippen LogP contribution in [0.3, 0.4) is 0 Å². The van der Waals surface area contributed by atoms with Crippen LogP contribution in [0, 0.1) is 0 Å². The van der Waals surface area contributed by atoms with E-state index in [0.29, 0.717) is 30.9 Å². The lowest BCUT2D eigenvalue weighted by Gasteiger charge is -2.08. The lowest BCUT2D eigenvalue weighted by Crippen LogP contribution is -2.36. The number of rotatable bonds is 7. The molecule has 22 heavy (non-hydrogen) atoms. The van der Waals surface area contributed by atoms with Gasteiger partial charge in [0, 0.05) is 37.8 Å². The van der Waals surface area contributed by atoms with Gasteiger partial charge in [0.15, 0.2) is 0 Å². The van der Waals surface area contributed by atoms with E-state index in [4.69, 9.17) is 0 Å². The third-order valence-electron chi connectivity index (χ3n) is 2.60. The molecule has 0 fully saturated rings. The second-order valence-electron chi connectivity index (χ2n) is 4.44. The molecular weight excluding hydrogens is 284 g/mol. The van der Waals surface area contributed by atoms with Crippen LogP contribution in [0.2, 0.25) is 0 Å². The van der Waals surface area contributed by atoms with Gasteiger partial charge in [-0.05, 0) is 24.3 Å². The van der Waals surface area contributed by atoms with Gasteiger partial charge in [-0.2, -0.15) is 0 Å². The maximum atomic E-state index is 11.7. The van der Waals surface area contributed by atoms with E-state index in [-0.39, 0.29) is 17.8 Å². The van der Waals surface area contributed by atoms with Crippen molar-refractivity contribution in [3.8, 4) is 0 Å². The molecule has 0 saturated heterocycles. The van der Waals surface area contributed by atoms with E-state index < -0.39 is 0 Å². The van der Waals surface area contributed by atoms with Gasteiger partial charge >= 0.3 is 6.03 Å². The molecule has 0 aromatic heterocycles. The maximum Gasteiger partial charge on any atom is 0.319 e. The molecule has 0 bridgehead atoms. The number of hydrogen-bond acceptors (Lipinski definition) is 3. The van der Waals surface area contributed by atoms with Crippen molar-refractivity contribution in [2.45, 2.75) is 6.92 Å². The molecule has 0 saturated carbocycles. The van der Waals surface area contributed by atoms with Crippen molar-refractivity contribution in [1.82, 2.24) is 16.0 Å². The second kappa shape index (κ2) is 9.17. The van der Waals surface area contributed by atoms with Gasteiger partial charge in [0.25, 0.3) is 5.91 Å². The zero-order valence-electron chi connectivity index (χ0n) is 12.4. The first kappa shape index (κ1) is 17.2. The summed E-state index contributed by atoms with van der Waals surface area (Å²) in [7, 11) is 0. The lowest BCUT2D eigenvalue weighted by molar-refractivity contribution is -0.118. The van der Waals surface area contributed by atoms with Crippen LogP contribution in [0.25, 0.3) is 0 Å². The van der Waals surface area contributed by atoms with Crippen molar-refractivity contribution in [2.24, 2.45) is 0 Å². The van der Waals surface area contributed by atoms with Crippen molar-refractivity contribution in [3.05, 3.63) is 42.5 Å². The van der Waals surface area contributed by atoms with E-state index in [1.54, 1.807) is 30.3 Å². The van der Waals surface area contributed by atoms with Crippen LogP contribution < -0.4 is 21.3 Å². The van der Waals surface area contributed by atoms with E-state index in [1.807, 2.05) is 0 Å². The number of hydrogen-bond donors (Lipinski definition) is 4. The minimum absolute atomic E-state index is 0.146. The first-order valence-electron chi connectivity index (χ1n) is 6.81. The monoisotopic (exact) mass is 304 g/mol. The standard InChI is InChI=1S/C15H20N4O3/c1-3-8-17-14(21)12-4-6-13(7-5-12)19-15(22)18-10-9-16-11(2)20/h3-7H,1,8-10H2,2H3,(H,16,20)(H,17,21)(H2,18,19,22). The number of urea groups is 1. The Kier molecular flexibility index (Phi) is 7.18. The zero-order valence-corrected chi connectivity index (χ0v) is 12.4. The quantitative estimate of drug-likeness (QED) is 0.444. The summed E-state index contributed by atoms with van der Waals surface area (Å²) in [5, 5.41) is 10.5. The number of nitrogens with one attached hydrogen (secondary N) is 4. The SMILES string of the molecule is C=CCNC(=O)c1ccc(NC(=O)NCCNC(C)=O)cc1. The summed E-state index contributed by atoms with van der Waals surface area (Å²) in [6.45, 7) is 6.02. The minimum Gasteiger partial charge on any atom is -0.355 e. The molecule has 7 heteroatoms. The fraction of sp³-hybridized carbons (Fsp3) is 0.267. The van der Waals surface area contributed by atoms with Crippen LogP contribution in [-0.2, 0) is 4.79 Å². The molecule has 0 heterocycles. The smallest absolute Gasteiger partial charge is 0.319 e. The first-order chi connectivity index (χ1) is 10.5. The van der Waals surface area contributed by atoms with Crippen molar-refractivity contribution in [2.75, 3.05) is 25.0 Å². The van der Waals surface area contributed by atoms with E-state index in [9.17, 15) is 14.4 Å². The van der Waals surface area contributed by atoms with Gasteiger partial charge in [0.1, 0.15) is 0 Å². The molecule has 4 amide bonds. The maximum absolute atomic E-state index is 11.7. The lowest BCUT2D eigenvalue weighted by atomic mass is 10.2. The molecule has 0 spiro atoms. The Balaban J connectivity index is 2.40. The summed E-state index contributed by atoms with van der Waals surface area (Å²) >= 11 is 0. The Bertz CT molecular complexity index is 540. The van der Waals surface area contributed by atoms with Gasteiger partial charge in [-0.3, -0.25) is 9.59 Å². The third kappa shape index (κ3) is 6.56. The van der Waals surface area contributed by atoms with Crippen LogP contribution in [0.4, 0.5) is 10.5 Å². The molecule has 0 aliphatic carbocycles. The Morgan fingerprint density at radius 3 is 2.27 bits per heavy atom. The average molecular weight is 304 g/mol. The Hall–Kier alpha value is -2.83. The summed E-state index contributed by atoms with van der Waals surface area (Å²) in [5.41, 5.74) is 1.07. The van der Waals surface area contributed by atoms with Crippen LogP contribution in [-0.4, -0.2) is 37.5 Å². The fourth-order valence-electron chi connectivity index (χ4n) is 1.56. The van der Waals surface area contributed by atoms with Crippen molar-refractivity contribution >= 4 is 23.5 Å². The Labute approximate surface area is 129 Å². The number of amides is 4. The molecule has 1 rings (SSSR count). The normalized spacial score (nSPS) is 9.50. The molecule has 118 valence electrons. The van der Waals surface area contributed by atoms with Gasteiger partial charge in [0.2, 0.25) is 5.91 Å².